The van der Waals surface area contributed by atoms with Gasteiger partial charge in [-0.15, -0.1) is 0 Å². The SMILES string of the molecule is C=C(NNC(=C)C(F)F)c1ccc(CN(C(=C)C2CCSCC2)c2ccc(F)c(Cl)c2)c(F)c1.CC. The molecule has 0 amide bonds. The minimum Gasteiger partial charge on any atom is -0.341 e. The third-order valence-corrected chi connectivity index (χ3v) is 6.96. The second kappa shape index (κ2) is 14.2. The van der Waals surface area contributed by atoms with Crippen LogP contribution in [0, 0.1) is 17.6 Å². The van der Waals surface area contributed by atoms with Crippen LogP contribution in [0.4, 0.5) is 23.2 Å². The first-order valence-corrected chi connectivity index (χ1v) is 13.2. The Labute approximate surface area is 220 Å². The van der Waals surface area contributed by atoms with E-state index < -0.39 is 23.8 Å². The van der Waals surface area contributed by atoms with Crippen LogP contribution in [-0.2, 0) is 6.54 Å². The number of allylic oxidation sites excluding steroid dienone is 2. The van der Waals surface area contributed by atoms with E-state index in [1.165, 1.54) is 18.2 Å². The van der Waals surface area contributed by atoms with E-state index >= 15 is 4.39 Å². The quantitative estimate of drug-likeness (QED) is 0.234. The van der Waals surface area contributed by atoms with Crippen molar-refractivity contribution in [2.75, 3.05) is 16.4 Å². The molecule has 0 aromatic heterocycles. The van der Waals surface area contributed by atoms with Crippen LogP contribution in [-0.4, -0.2) is 17.9 Å². The molecular weight excluding hydrogens is 510 g/mol. The molecule has 0 unspecified atom stereocenters. The van der Waals surface area contributed by atoms with E-state index in [1.54, 1.807) is 18.2 Å². The number of anilines is 1. The predicted octanol–water partition coefficient (Wildman–Crippen LogP) is 8.15. The summed E-state index contributed by atoms with van der Waals surface area (Å²) in [7, 11) is 0. The molecule has 0 saturated carbocycles. The Bertz CT molecular complexity index is 1070. The molecule has 1 heterocycles. The topological polar surface area (TPSA) is 27.3 Å². The summed E-state index contributed by atoms with van der Waals surface area (Å²) in [6, 6.07) is 8.90. The van der Waals surface area contributed by atoms with E-state index in [1.807, 2.05) is 30.5 Å². The molecule has 1 saturated heterocycles. The lowest BCUT2D eigenvalue weighted by Gasteiger charge is -2.34. The van der Waals surface area contributed by atoms with Crippen molar-refractivity contribution in [3.8, 4) is 0 Å². The van der Waals surface area contributed by atoms with E-state index in [9.17, 15) is 13.2 Å². The average Bonchev–Trinajstić information content (AvgIpc) is 2.89. The second-order valence-electron chi connectivity index (χ2n) is 7.92. The zero-order valence-electron chi connectivity index (χ0n) is 20.5. The molecule has 0 bridgehead atoms. The molecule has 0 radical (unpaired) electrons. The van der Waals surface area contributed by atoms with Crippen LogP contribution in [0.15, 0.2) is 67.5 Å². The van der Waals surface area contributed by atoms with Gasteiger partial charge in [0, 0.05) is 28.4 Å². The van der Waals surface area contributed by atoms with E-state index in [-0.39, 0.29) is 23.2 Å². The third kappa shape index (κ3) is 7.96. The van der Waals surface area contributed by atoms with E-state index in [4.69, 9.17) is 11.6 Å². The molecule has 0 aliphatic carbocycles. The molecule has 2 aromatic carbocycles. The first-order valence-electron chi connectivity index (χ1n) is 11.6. The lowest BCUT2D eigenvalue weighted by atomic mass is 9.97. The van der Waals surface area contributed by atoms with E-state index in [0.29, 0.717) is 16.8 Å². The van der Waals surface area contributed by atoms with Gasteiger partial charge in [0.2, 0.25) is 0 Å². The minimum atomic E-state index is -2.75. The summed E-state index contributed by atoms with van der Waals surface area (Å²) in [4.78, 5) is 1.87. The summed E-state index contributed by atoms with van der Waals surface area (Å²) in [5.74, 6) is 1.23. The number of alkyl halides is 2. The summed E-state index contributed by atoms with van der Waals surface area (Å²) < 4.78 is 54.0. The smallest absolute Gasteiger partial charge is 0.279 e. The Morgan fingerprint density at radius 1 is 1.03 bits per heavy atom. The number of hydrazine groups is 1. The fourth-order valence-corrected chi connectivity index (χ4v) is 4.86. The van der Waals surface area contributed by atoms with Gasteiger partial charge in [-0.3, -0.25) is 5.43 Å². The molecule has 0 atom stereocenters. The number of hydrogen-bond donors (Lipinski definition) is 2. The summed E-state index contributed by atoms with van der Waals surface area (Å²) in [6.07, 6.45) is -0.835. The van der Waals surface area contributed by atoms with Crippen molar-refractivity contribution >= 4 is 34.7 Å². The molecule has 1 fully saturated rings. The van der Waals surface area contributed by atoms with Crippen LogP contribution in [0.3, 0.4) is 0 Å². The summed E-state index contributed by atoms with van der Waals surface area (Å²) in [5, 5.41) is -0.0226. The van der Waals surface area contributed by atoms with Crippen LogP contribution in [0.2, 0.25) is 5.02 Å². The van der Waals surface area contributed by atoms with Gasteiger partial charge in [0.05, 0.1) is 23.0 Å². The Morgan fingerprint density at radius 2 is 1.69 bits per heavy atom. The van der Waals surface area contributed by atoms with Crippen LogP contribution in [0.25, 0.3) is 5.70 Å². The molecule has 36 heavy (non-hydrogen) atoms. The molecule has 9 heteroatoms. The average molecular weight is 542 g/mol. The number of benzene rings is 2. The standard InChI is InChI=1S/C25H26ClF4N3S.C2H6/c1-15(31-32-16(2)25(29)30)19-4-5-20(24(28)12-19)14-33(17(3)18-8-10-34-11-9-18)21-6-7-23(27)22(26)13-21;1-2/h4-7,12-13,18,25,31-32H,1-3,8-11,14H2;1-2H3. The number of hydrogen-bond acceptors (Lipinski definition) is 4. The van der Waals surface area contributed by atoms with Crippen LogP contribution in [0.1, 0.15) is 37.8 Å². The second-order valence-corrected chi connectivity index (χ2v) is 9.56. The number of rotatable bonds is 10. The highest BCUT2D eigenvalue weighted by molar-refractivity contribution is 7.99. The molecular formula is C27H32ClF4N3S. The van der Waals surface area contributed by atoms with Gasteiger partial charge in [-0.25, -0.2) is 17.6 Å². The summed E-state index contributed by atoms with van der Waals surface area (Å²) in [5.41, 5.74) is 6.65. The fourth-order valence-electron chi connectivity index (χ4n) is 3.58. The highest BCUT2D eigenvalue weighted by atomic mass is 35.5. The van der Waals surface area contributed by atoms with Crippen LogP contribution >= 0.6 is 23.4 Å². The Hall–Kier alpha value is -2.58. The van der Waals surface area contributed by atoms with Crippen molar-refractivity contribution < 1.29 is 17.6 Å². The molecule has 2 N–H and O–H groups in total. The predicted molar refractivity (Wildman–Crippen MR) is 145 cm³/mol. The minimum absolute atomic E-state index is 0.0226. The number of halogens is 5. The number of nitrogens with one attached hydrogen (secondary N) is 2. The highest BCUT2D eigenvalue weighted by Crippen LogP contribution is 2.35. The third-order valence-electron chi connectivity index (χ3n) is 5.62. The van der Waals surface area contributed by atoms with Crippen molar-refractivity contribution in [1.82, 2.24) is 10.9 Å². The zero-order chi connectivity index (χ0) is 26.8. The molecule has 2 aromatic rings. The fraction of sp³-hybridized carbons (Fsp3) is 0.333. The zero-order valence-corrected chi connectivity index (χ0v) is 22.1. The maximum absolute atomic E-state index is 15.1. The Kier molecular flexibility index (Phi) is 11.7. The molecule has 3 nitrogen and oxygen atoms in total. The normalized spacial score (nSPS) is 13.4. The summed E-state index contributed by atoms with van der Waals surface area (Å²) >= 11 is 7.91. The molecule has 1 aliphatic rings. The lowest BCUT2D eigenvalue weighted by Crippen LogP contribution is -2.31. The largest absolute Gasteiger partial charge is 0.341 e. The van der Waals surface area contributed by atoms with Gasteiger partial charge in [0.15, 0.2) is 0 Å². The molecule has 3 rings (SSSR count). The molecule has 196 valence electrons. The maximum Gasteiger partial charge on any atom is 0.279 e. The van der Waals surface area contributed by atoms with Crippen molar-refractivity contribution in [3.63, 3.8) is 0 Å². The number of thioether (sulfide) groups is 1. The first-order chi connectivity index (χ1) is 17.2. The van der Waals surface area contributed by atoms with Gasteiger partial charge >= 0.3 is 0 Å². The number of nitrogens with zero attached hydrogens (tertiary/aromatic N) is 1. The van der Waals surface area contributed by atoms with Crippen molar-refractivity contribution in [3.05, 3.63) is 95.3 Å². The van der Waals surface area contributed by atoms with E-state index in [0.717, 1.165) is 30.0 Å². The summed E-state index contributed by atoms with van der Waals surface area (Å²) in [6.45, 7) is 15.4. The van der Waals surface area contributed by atoms with Crippen molar-refractivity contribution in [2.45, 2.75) is 39.7 Å². The highest BCUT2D eigenvalue weighted by Gasteiger charge is 2.24. The van der Waals surface area contributed by atoms with Crippen LogP contribution in [0.5, 0.6) is 0 Å². The monoisotopic (exact) mass is 541 g/mol. The van der Waals surface area contributed by atoms with Crippen LogP contribution < -0.4 is 15.8 Å². The van der Waals surface area contributed by atoms with Gasteiger partial charge in [0.25, 0.3) is 6.43 Å². The lowest BCUT2D eigenvalue weighted by molar-refractivity contribution is 0.179. The Balaban J connectivity index is 0.00000222. The first kappa shape index (κ1) is 29.6. The van der Waals surface area contributed by atoms with Gasteiger partial charge < -0.3 is 10.3 Å². The Morgan fingerprint density at radius 3 is 2.28 bits per heavy atom. The van der Waals surface area contributed by atoms with Crippen molar-refractivity contribution in [1.29, 1.82) is 0 Å². The van der Waals surface area contributed by atoms with Gasteiger partial charge in [0.1, 0.15) is 11.6 Å². The van der Waals surface area contributed by atoms with Gasteiger partial charge in [-0.1, -0.05) is 57.3 Å². The van der Waals surface area contributed by atoms with Crippen molar-refractivity contribution in [2.24, 2.45) is 5.92 Å². The van der Waals surface area contributed by atoms with Gasteiger partial charge in [-0.2, -0.15) is 11.8 Å². The van der Waals surface area contributed by atoms with Gasteiger partial charge in [-0.05, 0) is 48.6 Å². The van der Waals surface area contributed by atoms with E-state index in [2.05, 4.69) is 30.6 Å². The maximum atomic E-state index is 15.1. The molecule has 1 aliphatic heterocycles. The molecule has 0 spiro atoms.